The first kappa shape index (κ1) is 34.3. The third kappa shape index (κ3) is 9.95. The van der Waals surface area contributed by atoms with Gasteiger partial charge in [-0.1, -0.05) is 6.07 Å². The van der Waals surface area contributed by atoms with Gasteiger partial charge in [-0.25, -0.2) is 18.0 Å². The van der Waals surface area contributed by atoms with Crippen LogP contribution in [0.15, 0.2) is 34.5 Å². The topological polar surface area (TPSA) is 219 Å². The molecule has 1 atom stereocenters. The Hall–Kier alpha value is -4.16. The van der Waals surface area contributed by atoms with Crippen LogP contribution in [0.25, 0.3) is 11.0 Å². The Labute approximate surface area is 262 Å². The fourth-order valence-electron chi connectivity index (χ4n) is 3.52. The number of ether oxygens (including phenoxy) is 2. The molecule has 5 N–H and O–H groups in total. The number of alkyl carbamates (subject to hydrolysis) is 1. The lowest BCUT2D eigenvalue weighted by Gasteiger charge is -2.24. The molecule has 0 radical (unpaired) electrons. The van der Waals surface area contributed by atoms with E-state index < -0.39 is 57.1 Å². The maximum Gasteiger partial charge on any atom is 0.414 e. The lowest BCUT2D eigenvalue weighted by Crippen LogP contribution is -2.47. The van der Waals surface area contributed by atoms with Gasteiger partial charge in [0.15, 0.2) is 0 Å². The number of amides is 3. The molecule has 0 spiro atoms. The zero-order valence-electron chi connectivity index (χ0n) is 24.8. The number of hydrogen-bond acceptors (Lipinski definition) is 13. The Kier molecular flexibility index (Phi) is 10.6. The Morgan fingerprint density at radius 3 is 2.32 bits per heavy atom. The first-order chi connectivity index (χ1) is 20.3. The van der Waals surface area contributed by atoms with E-state index in [-0.39, 0.29) is 33.8 Å². The minimum atomic E-state index is -4.18. The van der Waals surface area contributed by atoms with Crippen LogP contribution in [0.3, 0.4) is 0 Å². The molecule has 0 saturated heterocycles. The Bertz CT molecular complexity index is 1670. The van der Waals surface area contributed by atoms with Gasteiger partial charge >= 0.3 is 12.1 Å². The predicted octanol–water partition coefficient (Wildman–Crippen LogP) is 3.35. The number of fused-ring (bicyclic) bond motifs is 1. The molecule has 18 heteroatoms. The van der Waals surface area contributed by atoms with Gasteiger partial charge in [0.05, 0.1) is 17.4 Å². The van der Waals surface area contributed by atoms with Gasteiger partial charge in [-0.05, 0) is 71.5 Å². The van der Waals surface area contributed by atoms with E-state index in [0.717, 1.165) is 23.1 Å². The number of rotatable bonds is 9. The number of anilines is 1. The highest BCUT2D eigenvalue weighted by atomic mass is 32.2. The summed E-state index contributed by atoms with van der Waals surface area (Å²) in [7, 11) is -4.18. The molecule has 3 rings (SSSR count). The van der Waals surface area contributed by atoms with Crippen LogP contribution in [-0.4, -0.2) is 64.2 Å². The first-order valence-corrected chi connectivity index (χ1v) is 16.2. The lowest BCUT2D eigenvalue weighted by atomic mass is 10.1. The maximum absolute atomic E-state index is 13.3. The van der Waals surface area contributed by atoms with E-state index >= 15 is 0 Å². The smallest absolute Gasteiger partial charge is 0.414 e. The van der Waals surface area contributed by atoms with Gasteiger partial charge < -0.3 is 14.8 Å². The van der Waals surface area contributed by atoms with Crippen molar-refractivity contribution in [2.75, 3.05) is 4.72 Å². The minimum absolute atomic E-state index is 0.0324. The second kappa shape index (κ2) is 13.6. The lowest BCUT2D eigenvalue weighted by molar-refractivity contribution is -0.157. The third-order valence-corrected chi connectivity index (χ3v) is 8.05. The highest BCUT2D eigenvalue weighted by Crippen LogP contribution is 2.28. The first-order valence-electron chi connectivity index (χ1n) is 13.1. The number of guanidine groups is 1. The number of aromatic nitrogens is 2. The van der Waals surface area contributed by atoms with Gasteiger partial charge in [0, 0.05) is 6.42 Å². The molecular formula is C26H33N7O8S3. The predicted molar refractivity (Wildman–Crippen MR) is 164 cm³/mol. The van der Waals surface area contributed by atoms with Crippen LogP contribution in [0.1, 0.15) is 64.1 Å². The van der Waals surface area contributed by atoms with Crippen molar-refractivity contribution in [2.45, 2.75) is 76.5 Å². The van der Waals surface area contributed by atoms with Crippen molar-refractivity contribution in [1.29, 1.82) is 5.41 Å². The molecular weight excluding hydrogens is 635 g/mol. The normalized spacial score (nSPS) is 12.6. The molecule has 0 aliphatic rings. The quantitative estimate of drug-likeness (QED) is 0.127. The third-order valence-electron chi connectivity index (χ3n) is 5.20. The van der Waals surface area contributed by atoms with E-state index in [9.17, 15) is 27.6 Å². The average Bonchev–Trinajstić information content (AvgIpc) is 3.52. The van der Waals surface area contributed by atoms with Crippen LogP contribution in [0.4, 0.5) is 10.5 Å². The van der Waals surface area contributed by atoms with Gasteiger partial charge in [0.1, 0.15) is 38.0 Å². The Balaban J connectivity index is 1.71. The largest absolute Gasteiger partial charge is 0.458 e. The highest BCUT2D eigenvalue weighted by molar-refractivity contribution is 7.93. The number of thiophene rings is 1. The summed E-state index contributed by atoms with van der Waals surface area (Å²) in [5.74, 6) is -2.99. The van der Waals surface area contributed by atoms with Crippen LogP contribution in [0, 0.1) is 5.41 Å². The summed E-state index contributed by atoms with van der Waals surface area (Å²) >= 11 is 1.80. The highest BCUT2D eigenvalue weighted by Gasteiger charge is 2.30. The molecule has 0 unspecified atom stereocenters. The summed E-state index contributed by atoms with van der Waals surface area (Å²) in [5, 5.41) is 16.0. The molecule has 15 nitrogen and oxygen atoms in total. The summed E-state index contributed by atoms with van der Waals surface area (Å²) in [4.78, 5) is 50.4. The van der Waals surface area contributed by atoms with Crippen molar-refractivity contribution in [3.63, 3.8) is 0 Å². The zero-order chi connectivity index (χ0) is 32.9. The van der Waals surface area contributed by atoms with Crippen molar-refractivity contribution < 1.29 is 37.1 Å². The number of benzene rings is 1. The Morgan fingerprint density at radius 1 is 0.977 bits per heavy atom. The molecule has 238 valence electrons. The van der Waals surface area contributed by atoms with Crippen molar-refractivity contribution in [2.24, 2.45) is 0 Å². The van der Waals surface area contributed by atoms with Crippen molar-refractivity contribution in [1.82, 2.24) is 24.7 Å². The SMILES string of the molecule is CC(C)(C)OC(=O)NC(=N)NC(=O)CC[C@H](NC(=O)c1sccc1NS(=O)(=O)c1cccc2nsnc12)C(=O)OC(C)(C)C. The zero-order valence-corrected chi connectivity index (χ0v) is 27.2. The monoisotopic (exact) mass is 667 g/mol. The number of carbonyl (C=O) groups is 4. The van der Waals surface area contributed by atoms with Crippen molar-refractivity contribution in [3.05, 3.63) is 34.5 Å². The number of esters is 1. The number of carbonyl (C=O) groups excluding carboxylic acids is 4. The molecule has 44 heavy (non-hydrogen) atoms. The summed E-state index contributed by atoms with van der Waals surface area (Å²) < 4.78 is 47.3. The van der Waals surface area contributed by atoms with Crippen molar-refractivity contribution in [3.8, 4) is 0 Å². The molecule has 2 aromatic heterocycles. The molecule has 1 aromatic carbocycles. The molecule has 0 aliphatic heterocycles. The van der Waals surface area contributed by atoms with Crippen molar-refractivity contribution >= 4 is 79.6 Å². The van der Waals surface area contributed by atoms with E-state index in [1.165, 1.54) is 23.6 Å². The number of hydrogen-bond donors (Lipinski definition) is 5. The fourth-order valence-corrected chi connectivity index (χ4v) is 6.18. The van der Waals surface area contributed by atoms with Crippen LogP contribution in [0.2, 0.25) is 0 Å². The molecule has 3 aromatic rings. The van der Waals surface area contributed by atoms with Gasteiger partial charge in [-0.15, -0.1) is 11.3 Å². The van der Waals surface area contributed by atoms with E-state index in [2.05, 4.69) is 29.4 Å². The molecule has 0 bridgehead atoms. The van der Waals surface area contributed by atoms with Crippen LogP contribution < -0.4 is 20.7 Å². The van der Waals surface area contributed by atoms with Gasteiger partial charge in [-0.2, -0.15) is 8.75 Å². The molecule has 0 fully saturated rings. The van der Waals surface area contributed by atoms with Crippen LogP contribution in [-0.2, 0) is 29.1 Å². The Morgan fingerprint density at radius 2 is 1.66 bits per heavy atom. The van der Waals surface area contributed by atoms with E-state index in [1.807, 2.05) is 0 Å². The van der Waals surface area contributed by atoms with Crippen LogP contribution >= 0.6 is 23.1 Å². The van der Waals surface area contributed by atoms with Gasteiger partial charge in [-0.3, -0.25) is 30.4 Å². The van der Waals surface area contributed by atoms with E-state index in [0.29, 0.717) is 5.52 Å². The van der Waals surface area contributed by atoms with E-state index in [4.69, 9.17) is 14.9 Å². The fraction of sp³-hybridized carbons (Fsp3) is 0.423. The maximum atomic E-state index is 13.3. The minimum Gasteiger partial charge on any atom is -0.458 e. The standard InChI is InChI=1S/C26H33N7O8S3/c1-25(2,3)40-22(36)16(10-11-18(34)29-23(27)30-24(37)41-26(4,5)6)28-21(35)20-15(12-13-42-20)33-44(38,39)17-9-7-8-14-19(17)32-43-31-14/h7-9,12-13,16,33H,10-11H2,1-6H3,(H,28,35)(H3,27,29,30,34,37)/t16-/m0/s1. The molecule has 0 aliphatic carbocycles. The molecule has 2 heterocycles. The summed E-state index contributed by atoms with van der Waals surface area (Å²) in [6.07, 6.45) is -1.53. The number of nitrogens with zero attached hydrogens (tertiary/aromatic N) is 2. The molecule has 3 amide bonds. The number of sulfonamides is 1. The molecule has 0 saturated carbocycles. The average molecular weight is 668 g/mol. The second-order valence-corrected chi connectivity index (χ2v) is 14.4. The summed E-state index contributed by atoms with van der Waals surface area (Å²) in [6, 6.07) is 4.59. The van der Waals surface area contributed by atoms with Gasteiger partial charge in [0.2, 0.25) is 11.9 Å². The summed E-state index contributed by atoms with van der Waals surface area (Å²) in [5.41, 5.74) is -1.18. The van der Waals surface area contributed by atoms with E-state index in [1.54, 1.807) is 47.6 Å². The van der Waals surface area contributed by atoms with Gasteiger partial charge in [0.25, 0.3) is 15.9 Å². The summed E-state index contributed by atoms with van der Waals surface area (Å²) in [6.45, 7) is 9.79. The second-order valence-electron chi connectivity index (χ2n) is 11.3. The van der Waals surface area contributed by atoms with Crippen LogP contribution in [0.5, 0.6) is 0 Å². The number of nitrogens with one attached hydrogen (secondary N) is 5.